The van der Waals surface area contributed by atoms with E-state index >= 15 is 0 Å². The first kappa shape index (κ1) is 19.4. The van der Waals surface area contributed by atoms with Gasteiger partial charge in [0, 0.05) is 40.2 Å². The number of hydrogen-bond donors (Lipinski definition) is 2. The van der Waals surface area contributed by atoms with Gasteiger partial charge in [0.05, 0.1) is 6.61 Å². The van der Waals surface area contributed by atoms with Crippen molar-refractivity contribution in [3.63, 3.8) is 0 Å². The van der Waals surface area contributed by atoms with Crippen molar-refractivity contribution in [3.05, 3.63) is 58.1 Å². The number of hydrogen-bond acceptors (Lipinski definition) is 6. The van der Waals surface area contributed by atoms with Gasteiger partial charge < -0.3 is 15.8 Å². The molecule has 0 bridgehead atoms. The van der Waals surface area contributed by atoms with Gasteiger partial charge in [-0.25, -0.2) is 14.4 Å². The minimum atomic E-state index is -0.867. The number of carbonyl (C=O) groups excluding carboxylic acids is 1. The molecule has 1 aromatic heterocycles. The van der Waals surface area contributed by atoms with Gasteiger partial charge in [0.25, 0.3) is 5.91 Å². The number of fused-ring (bicyclic) bond motifs is 1. The highest BCUT2D eigenvalue weighted by Gasteiger charge is 2.47. The van der Waals surface area contributed by atoms with Crippen LogP contribution in [0, 0.1) is 11.7 Å². The third-order valence-corrected chi connectivity index (χ3v) is 6.43. The molecule has 1 aromatic carbocycles. The number of carbonyl (C=O) groups is 1. The highest BCUT2D eigenvalue weighted by Crippen LogP contribution is 2.45. The number of amidine groups is 1. The molecular formula is C19H18BrFN4O2S. The number of benzene rings is 1. The zero-order valence-electron chi connectivity index (χ0n) is 14.8. The number of amides is 1. The molecule has 0 spiro atoms. The van der Waals surface area contributed by atoms with Crippen LogP contribution in [0.2, 0.25) is 0 Å². The molecule has 3 heterocycles. The Morgan fingerprint density at radius 3 is 3.04 bits per heavy atom. The summed E-state index contributed by atoms with van der Waals surface area (Å²) in [5.74, 6) is 0.115. The number of aromatic nitrogens is 1. The van der Waals surface area contributed by atoms with Crippen LogP contribution >= 0.6 is 27.7 Å². The average Bonchev–Trinajstić information content (AvgIpc) is 2.69. The van der Waals surface area contributed by atoms with Crippen LogP contribution in [0.25, 0.3) is 0 Å². The second kappa shape index (κ2) is 7.81. The lowest BCUT2D eigenvalue weighted by molar-refractivity contribution is 0.00304. The lowest BCUT2D eigenvalue weighted by Crippen LogP contribution is -2.48. The summed E-state index contributed by atoms with van der Waals surface area (Å²) in [6, 6.07) is 7.83. The van der Waals surface area contributed by atoms with Gasteiger partial charge in [-0.3, -0.25) is 4.79 Å². The van der Waals surface area contributed by atoms with Gasteiger partial charge in [0.15, 0.2) is 5.17 Å². The van der Waals surface area contributed by atoms with Crippen LogP contribution in [0.5, 0.6) is 0 Å². The normalized spacial score (nSPS) is 24.2. The molecule has 0 saturated carbocycles. The van der Waals surface area contributed by atoms with Crippen molar-refractivity contribution in [1.29, 1.82) is 0 Å². The van der Waals surface area contributed by atoms with E-state index in [9.17, 15) is 9.18 Å². The Labute approximate surface area is 174 Å². The fourth-order valence-corrected chi connectivity index (χ4v) is 4.84. The molecule has 28 heavy (non-hydrogen) atoms. The van der Waals surface area contributed by atoms with Crippen LogP contribution in [0.4, 0.5) is 10.1 Å². The fraction of sp³-hybridized carbons (Fsp3) is 0.316. The summed E-state index contributed by atoms with van der Waals surface area (Å²) >= 11 is 4.77. The number of ether oxygens (including phenoxy) is 1. The zero-order chi connectivity index (χ0) is 19.7. The Morgan fingerprint density at radius 1 is 1.39 bits per heavy atom. The molecule has 2 atom stereocenters. The van der Waals surface area contributed by atoms with Gasteiger partial charge in [-0.1, -0.05) is 11.8 Å². The maximum absolute atomic E-state index is 14.8. The van der Waals surface area contributed by atoms with Gasteiger partial charge in [-0.2, -0.15) is 0 Å². The second-order valence-corrected chi connectivity index (χ2v) is 8.69. The molecule has 2 unspecified atom stereocenters. The van der Waals surface area contributed by atoms with Gasteiger partial charge in [0.2, 0.25) is 0 Å². The van der Waals surface area contributed by atoms with E-state index in [-0.39, 0.29) is 24.1 Å². The predicted molar refractivity (Wildman–Crippen MR) is 111 cm³/mol. The van der Waals surface area contributed by atoms with Crippen molar-refractivity contribution in [3.8, 4) is 0 Å². The van der Waals surface area contributed by atoms with Crippen molar-refractivity contribution in [1.82, 2.24) is 4.98 Å². The maximum atomic E-state index is 14.8. The first-order chi connectivity index (χ1) is 13.5. The predicted octanol–water partition coefficient (Wildman–Crippen LogP) is 3.53. The Hall–Kier alpha value is -1.97. The minimum Gasteiger partial charge on any atom is -0.379 e. The Morgan fingerprint density at radius 2 is 2.25 bits per heavy atom. The van der Waals surface area contributed by atoms with Crippen LogP contribution < -0.4 is 11.1 Å². The van der Waals surface area contributed by atoms with Crippen LogP contribution in [-0.2, 0) is 10.3 Å². The topological polar surface area (TPSA) is 89.6 Å². The molecule has 2 aliphatic heterocycles. The molecule has 1 fully saturated rings. The molecule has 1 amide bonds. The Balaban J connectivity index is 1.68. The number of thioether (sulfide) groups is 1. The van der Waals surface area contributed by atoms with Crippen LogP contribution in [0.1, 0.15) is 22.5 Å². The van der Waals surface area contributed by atoms with Gasteiger partial charge in [-0.05, 0) is 52.7 Å². The molecule has 2 aromatic rings. The Bertz CT molecular complexity index is 940. The molecule has 0 aliphatic carbocycles. The largest absolute Gasteiger partial charge is 0.379 e. The average molecular weight is 465 g/mol. The maximum Gasteiger partial charge on any atom is 0.274 e. The monoisotopic (exact) mass is 464 g/mol. The van der Waals surface area contributed by atoms with Crippen LogP contribution in [-0.4, -0.2) is 35.0 Å². The van der Waals surface area contributed by atoms with E-state index in [1.165, 1.54) is 23.9 Å². The Kier molecular flexibility index (Phi) is 5.39. The number of nitrogens with one attached hydrogen (secondary N) is 1. The molecule has 1 saturated heterocycles. The fourth-order valence-electron chi connectivity index (χ4n) is 3.57. The van der Waals surface area contributed by atoms with Crippen molar-refractivity contribution < 1.29 is 13.9 Å². The number of aliphatic imine (C=N–C) groups is 1. The van der Waals surface area contributed by atoms with Crippen molar-refractivity contribution in [2.45, 2.75) is 12.0 Å². The highest BCUT2D eigenvalue weighted by atomic mass is 79.9. The van der Waals surface area contributed by atoms with E-state index < -0.39 is 11.4 Å². The van der Waals surface area contributed by atoms with E-state index in [4.69, 9.17) is 10.5 Å². The number of rotatable bonds is 3. The minimum absolute atomic E-state index is 0.118. The van der Waals surface area contributed by atoms with E-state index in [1.807, 2.05) is 0 Å². The summed E-state index contributed by atoms with van der Waals surface area (Å²) in [7, 11) is 0. The number of nitrogens with zero attached hydrogens (tertiary/aromatic N) is 2. The number of nitrogens with two attached hydrogens (primary N) is 1. The smallest absolute Gasteiger partial charge is 0.274 e. The summed E-state index contributed by atoms with van der Waals surface area (Å²) in [6.07, 6.45) is 2.33. The second-order valence-electron chi connectivity index (χ2n) is 6.73. The number of halogens is 2. The summed E-state index contributed by atoms with van der Waals surface area (Å²) in [5.41, 5.74) is 6.23. The quantitative estimate of drug-likeness (QED) is 0.724. The third-order valence-electron chi connectivity index (χ3n) is 5.00. The summed E-state index contributed by atoms with van der Waals surface area (Å²) in [5, 5.41) is 3.20. The molecular weight excluding hydrogens is 447 g/mol. The molecule has 6 nitrogen and oxygen atoms in total. The number of anilines is 1. The van der Waals surface area contributed by atoms with Crippen molar-refractivity contribution in [2.24, 2.45) is 16.6 Å². The zero-order valence-corrected chi connectivity index (χ0v) is 17.2. The standard InChI is InChI=1S/C19H18BrFN4O2S/c20-12-1-4-16(23-8-12)17(26)24-13-2-3-15(21)14(7-13)19-10-27-6-5-11(19)9-28-18(22)25-19/h1-4,7-8,11H,5-6,9-10H2,(H2,22,25)(H,24,26). The molecule has 2 aliphatic rings. The SMILES string of the molecule is NC1=NC2(c3cc(NC(=O)c4ccc(Br)cn4)ccc3F)COCCC2CS1. The van der Waals surface area contributed by atoms with Gasteiger partial charge >= 0.3 is 0 Å². The summed E-state index contributed by atoms with van der Waals surface area (Å²) in [6.45, 7) is 0.886. The van der Waals surface area contributed by atoms with E-state index in [0.717, 1.165) is 16.6 Å². The molecule has 0 radical (unpaired) electrons. The first-order valence-electron chi connectivity index (χ1n) is 8.77. The highest BCUT2D eigenvalue weighted by molar-refractivity contribution is 9.10. The summed E-state index contributed by atoms with van der Waals surface area (Å²) < 4.78 is 21.3. The molecule has 146 valence electrons. The molecule has 4 rings (SSSR count). The number of pyridine rings is 1. The van der Waals surface area contributed by atoms with Crippen LogP contribution in [0.3, 0.4) is 0 Å². The van der Waals surface area contributed by atoms with Gasteiger partial charge in [-0.15, -0.1) is 0 Å². The van der Waals surface area contributed by atoms with E-state index in [2.05, 4.69) is 31.2 Å². The third kappa shape index (κ3) is 3.66. The lowest BCUT2D eigenvalue weighted by atomic mass is 9.76. The van der Waals surface area contributed by atoms with E-state index in [1.54, 1.807) is 24.4 Å². The molecule has 9 heteroatoms. The first-order valence-corrected chi connectivity index (χ1v) is 10.5. The molecule has 3 N–H and O–H groups in total. The van der Waals surface area contributed by atoms with Crippen molar-refractivity contribution >= 4 is 44.5 Å². The van der Waals surface area contributed by atoms with Crippen LogP contribution in [0.15, 0.2) is 46.0 Å². The lowest BCUT2D eigenvalue weighted by Gasteiger charge is -2.43. The van der Waals surface area contributed by atoms with Gasteiger partial charge in [0.1, 0.15) is 17.1 Å². The van der Waals surface area contributed by atoms with Crippen molar-refractivity contribution in [2.75, 3.05) is 24.3 Å². The summed E-state index contributed by atoms with van der Waals surface area (Å²) in [4.78, 5) is 21.2. The van der Waals surface area contributed by atoms with E-state index in [0.29, 0.717) is 23.0 Å².